The summed E-state index contributed by atoms with van der Waals surface area (Å²) >= 11 is 14.0. The molecule has 0 unspecified atom stereocenters. The molecule has 1 aliphatic rings. The van der Waals surface area contributed by atoms with Crippen molar-refractivity contribution in [1.82, 2.24) is 5.32 Å². The summed E-state index contributed by atoms with van der Waals surface area (Å²) in [4.78, 5) is 27.6. The molecule has 1 N–H and O–H groups in total. The first-order chi connectivity index (χ1) is 13.3. The third kappa shape index (κ3) is 5.47. The molecule has 0 aromatic heterocycles. The fraction of sp³-hybridized carbons (Fsp3) is 0.105. The van der Waals surface area contributed by atoms with Gasteiger partial charge in [0, 0.05) is 22.0 Å². The minimum atomic E-state index is -0.409. The minimum absolute atomic E-state index is 0.265. The van der Waals surface area contributed by atoms with E-state index in [1.807, 2.05) is 24.3 Å². The average molecular weight is 545 g/mol. The molecule has 0 saturated carbocycles. The smallest absolute Gasteiger partial charge is 0.286 e. The zero-order chi connectivity index (χ0) is 20.3. The van der Waals surface area contributed by atoms with Crippen LogP contribution in [0.25, 0.3) is 6.08 Å². The molecule has 0 aliphatic carbocycles. The molecule has 2 aromatic carbocycles. The van der Waals surface area contributed by atoms with Gasteiger partial charge in [0.1, 0.15) is 12.4 Å². The summed E-state index contributed by atoms with van der Waals surface area (Å²) < 4.78 is 7.56. The highest BCUT2D eigenvalue weighted by Gasteiger charge is 2.23. The van der Waals surface area contributed by atoms with Crippen LogP contribution < -0.4 is 10.1 Å². The second kappa shape index (κ2) is 9.26. The van der Waals surface area contributed by atoms with E-state index in [2.05, 4.69) is 42.2 Å². The quantitative estimate of drug-likeness (QED) is 0.513. The fourth-order valence-corrected chi connectivity index (χ4v) is 4.68. The standard InChI is InChI=1S/C19H13Br2ClN2O3S/c1-10(25)23-19-24-18(26)16(28-19)7-12-6-13(20)8-15(21)17(12)27-9-11-2-4-14(22)5-3-11/h2-8H,9H2,1H3,(H,23,24,25,26)/b16-7+. The number of thioether (sulfide) groups is 1. The monoisotopic (exact) mass is 542 g/mol. The number of aliphatic imine (C=N–C) groups is 1. The van der Waals surface area contributed by atoms with E-state index in [1.54, 1.807) is 18.2 Å². The molecule has 5 nitrogen and oxygen atoms in total. The Kier molecular flexibility index (Phi) is 6.98. The molecule has 28 heavy (non-hydrogen) atoms. The number of rotatable bonds is 4. The van der Waals surface area contributed by atoms with Gasteiger partial charge in [-0.2, -0.15) is 4.99 Å². The predicted molar refractivity (Wildman–Crippen MR) is 119 cm³/mol. The van der Waals surface area contributed by atoms with Gasteiger partial charge in [-0.25, -0.2) is 0 Å². The number of carbonyl (C=O) groups is 2. The van der Waals surface area contributed by atoms with Crippen LogP contribution in [0.4, 0.5) is 0 Å². The number of carbonyl (C=O) groups excluding carboxylic acids is 2. The number of amidine groups is 1. The molecule has 3 rings (SSSR count). The first kappa shape index (κ1) is 21.1. The van der Waals surface area contributed by atoms with Crippen LogP contribution >= 0.6 is 55.2 Å². The van der Waals surface area contributed by atoms with Crippen LogP contribution in [0.2, 0.25) is 5.02 Å². The summed E-state index contributed by atoms with van der Waals surface area (Å²) in [7, 11) is 0. The number of hydrogen-bond acceptors (Lipinski definition) is 4. The molecule has 0 radical (unpaired) electrons. The van der Waals surface area contributed by atoms with Gasteiger partial charge in [-0.1, -0.05) is 39.7 Å². The van der Waals surface area contributed by atoms with E-state index >= 15 is 0 Å². The molecule has 0 bridgehead atoms. The molecular weight excluding hydrogens is 532 g/mol. The van der Waals surface area contributed by atoms with Crippen molar-refractivity contribution in [1.29, 1.82) is 0 Å². The zero-order valence-electron chi connectivity index (χ0n) is 14.5. The summed E-state index contributed by atoms with van der Waals surface area (Å²) in [6, 6.07) is 11.1. The van der Waals surface area contributed by atoms with Gasteiger partial charge in [0.05, 0.1) is 9.38 Å². The maximum Gasteiger partial charge on any atom is 0.286 e. The summed E-state index contributed by atoms with van der Waals surface area (Å²) in [5, 5.41) is 3.45. The van der Waals surface area contributed by atoms with Gasteiger partial charge in [0.25, 0.3) is 5.91 Å². The first-order valence-electron chi connectivity index (χ1n) is 7.98. The molecule has 1 aliphatic heterocycles. The maximum atomic E-state index is 12.2. The molecule has 2 amide bonds. The van der Waals surface area contributed by atoms with Gasteiger partial charge in [0.2, 0.25) is 5.91 Å². The third-order valence-corrected chi connectivity index (χ3v) is 5.72. The Morgan fingerprint density at radius 2 is 2.00 bits per heavy atom. The van der Waals surface area contributed by atoms with E-state index < -0.39 is 5.91 Å². The van der Waals surface area contributed by atoms with E-state index in [0.29, 0.717) is 27.8 Å². The number of hydrogen-bond donors (Lipinski definition) is 1. The van der Waals surface area contributed by atoms with Gasteiger partial charge >= 0.3 is 0 Å². The van der Waals surface area contributed by atoms with Crippen LogP contribution in [0.3, 0.4) is 0 Å². The SMILES string of the molecule is CC(=O)NC1=NC(=O)/C(=C\c2cc(Br)cc(Br)c2OCc2ccc(Cl)cc2)S1. The molecule has 0 spiro atoms. The predicted octanol–water partition coefficient (Wildman–Crippen LogP) is 5.55. The van der Waals surface area contributed by atoms with E-state index in [9.17, 15) is 9.59 Å². The Morgan fingerprint density at radius 1 is 1.29 bits per heavy atom. The van der Waals surface area contributed by atoms with Crippen molar-refractivity contribution < 1.29 is 14.3 Å². The minimum Gasteiger partial charge on any atom is -0.487 e. The third-order valence-electron chi connectivity index (χ3n) is 3.52. The van der Waals surface area contributed by atoms with Crippen LogP contribution in [-0.4, -0.2) is 17.0 Å². The molecule has 1 heterocycles. The highest BCUT2D eigenvalue weighted by molar-refractivity contribution is 9.11. The molecule has 144 valence electrons. The molecule has 0 atom stereocenters. The van der Waals surface area contributed by atoms with Gasteiger partial charge in [-0.3, -0.25) is 9.59 Å². The number of benzene rings is 2. The summed E-state index contributed by atoms with van der Waals surface area (Å²) in [5.41, 5.74) is 1.66. The van der Waals surface area contributed by atoms with E-state index in [-0.39, 0.29) is 11.1 Å². The van der Waals surface area contributed by atoms with E-state index in [0.717, 1.165) is 26.3 Å². The maximum absolute atomic E-state index is 12.2. The highest BCUT2D eigenvalue weighted by Crippen LogP contribution is 2.37. The van der Waals surface area contributed by atoms with Crippen molar-refractivity contribution in [2.45, 2.75) is 13.5 Å². The zero-order valence-corrected chi connectivity index (χ0v) is 19.2. The Hall–Kier alpha value is -1.61. The van der Waals surface area contributed by atoms with Crippen LogP contribution in [0.5, 0.6) is 5.75 Å². The number of ether oxygens (including phenoxy) is 1. The number of nitrogens with one attached hydrogen (secondary N) is 1. The number of nitrogens with zero attached hydrogens (tertiary/aromatic N) is 1. The van der Waals surface area contributed by atoms with Crippen LogP contribution in [0.15, 0.2) is 55.2 Å². The fourth-order valence-electron chi connectivity index (χ4n) is 2.33. The normalized spacial score (nSPS) is 14.9. The molecular formula is C19H13Br2ClN2O3S. The molecule has 2 aromatic rings. The summed E-state index contributed by atoms with van der Waals surface area (Å²) in [6.45, 7) is 1.70. The van der Waals surface area contributed by atoms with Crippen LogP contribution in [0.1, 0.15) is 18.1 Å². The van der Waals surface area contributed by atoms with Gasteiger partial charge in [0.15, 0.2) is 5.17 Å². The van der Waals surface area contributed by atoms with Crippen LogP contribution in [0, 0.1) is 0 Å². The van der Waals surface area contributed by atoms with Crippen molar-refractivity contribution in [3.05, 3.63) is 66.4 Å². The topological polar surface area (TPSA) is 67.8 Å². The number of halogens is 3. The van der Waals surface area contributed by atoms with Crippen molar-refractivity contribution in [3.8, 4) is 5.75 Å². The average Bonchev–Trinajstić information content (AvgIpc) is 2.94. The lowest BCUT2D eigenvalue weighted by molar-refractivity contribution is -0.117. The van der Waals surface area contributed by atoms with Crippen molar-refractivity contribution in [2.24, 2.45) is 4.99 Å². The van der Waals surface area contributed by atoms with Gasteiger partial charge < -0.3 is 10.1 Å². The second-order valence-electron chi connectivity index (χ2n) is 5.74. The Labute approximate surface area is 187 Å². The van der Waals surface area contributed by atoms with Crippen LogP contribution in [-0.2, 0) is 16.2 Å². The number of amides is 2. The van der Waals surface area contributed by atoms with Gasteiger partial charge in [-0.05, 0) is 63.6 Å². The van der Waals surface area contributed by atoms with Crippen molar-refractivity contribution in [2.75, 3.05) is 0 Å². The lowest BCUT2D eigenvalue weighted by Crippen LogP contribution is -2.23. The highest BCUT2D eigenvalue weighted by atomic mass is 79.9. The Bertz CT molecular complexity index is 1010. The lowest BCUT2D eigenvalue weighted by Gasteiger charge is -2.13. The Balaban J connectivity index is 1.86. The first-order valence-corrected chi connectivity index (χ1v) is 10.8. The largest absolute Gasteiger partial charge is 0.487 e. The lowest BCUT2D eigenvalue weighted by atomic mass is 10.1. The van der Waals surface area contributed by atoms with E-state index in [4.69, 9.17) is 16.3 Å². The van der Waals surface area contributed by atoms with Crippen molar-refractivity contribution >= 4 is 78.3 Å². The second-order valence-corrected chi connectivity index (χ2v) is 8.97. The summed E-state index contributed by atoms with van der Waals surface area (Å²) in [6.07, 6.45) is 1.69. The summed E-state index contributed by atoms with van der Waals surface area (Å²) in [5.74, 6) is -0.0991. The Morgan fingerprint density at radius 3 is 2.68 bits per heavy atom. The van der Waals surface area contributed by atoms with Gasteiger partial charge in [-0.15, -0.1) is 0 Å². The van der Waals surface area contributed by atoms with E-state index in [1.165, 1.54) is 6.92 Å². The molecule has 9 heteroatoms. The molecule has 0 fully saturated rings. The van der Waals surface area contributed by atoms with Crippen molar-refractivity contribution in [3.63, 3.8) is 0 Å². The molecule has 0 saturated heterocycles.